The van der Waals surface area contributed by atoms with Crippen molar-refractivity contribution < 1.29 is 9.53 Å². The first-order valence-electron chi connectivity index (χ1n) is 6.44. The van der Waals surface area contributed by atoms with Gasteiger partial charge in [0.2, 0.25) is 0 Å². The molecule has 0 heterocycles. The number of hydrogen-bond donors (Lipinski definition) is 1. The number of rotatable bonds is 4. The molecule has 0 unspecified atom stereocenters. The first-order valence-corrected chi connectivity index (χ1v) is 8.03. The smallest absolute Gasteiger partial charge is 0.337 e. The molecule has 0 saturated heterocycles. The molecule has 0 radical (unpaired) electrons. The highest BCUT2D eigenvalue weighted by Gasteiger charge is 2.06. The van der Waals surface area contributed by atoms with Crippen LogP contribution in [0, 0.1) is 6.92 Å². The molecule has 0 amide bonds. The van der Waals surface area contributed by atoms with Gasteiger partial charge in [0, 0.05) is 14.5 Å². The fourth-order valence-corrected chi connectivity index (χ4v) is 3.46. The Bertz CT molecular complexity index is 707. The zero-order chi connectivity index (χ0) is 16.1. The van der Waals surface area contributed by atoms with Gasteiger partial charge in [0.25, 0.3) is 0 Å². The average Bonchev–Trinajstić information content (AvgIpc) is 2.49. The summed E-state index contributed by atoms with van der Waals surface area (Å²) in [6, 6.07) is 11.0. The van der Waals surface area contributed by atoms with E-state index in [-0.39, 0.29) is 5.97 Å². The van der Waals surface area contributed by atoms with Crippen molar-refractivity contribution in [3.63, 3.8) is 0 Å². The largest absolute Gasteiger partial charge is 0.465 e. The zero-order valence-corrected chi connectivity index (χ0v) is 15.2. The number of carbonyl (C=O) groups is 1. The molecule has 0 bridgehead atoms. The molecule has 0 aromatic heterocycles. The molecule has 114 valence electrons. The van der Waals surface area contributed by atoms with Crippen LogP contribution >= 0.6 is 31.9 Å². The van der Waals surface area contributed by atoms with Crippen molar-refractivity contribution in [3.8, 4) is 0 Å². The normalized spacial score (nSPS) is 10.7. The van der Waals surface area contributed by atoms with Crippen molar-refractivity contribution in [3.05, 3.63) is 62.0 Å². The maximum absolute atomic E-state index is 11.5. The summed E-state index contributed by atoms with van der Waals surface area (Å²) >= 11 is 7.03. The second kappa shape index (κ2) is 7.56. The van der Waals surface area contributed by atoms with Crippen LogP contribution in [0.1, 0.15) is 21.5 Å². The number of aryl methyl sites for hydroxylation is 1. The summed E-state index contributed by atoms with van der Waals surface area (Å²) in [4.78, 5) is 11.5. The van der Waals surface area contributed by atoms with Crippen LogP contribution in [0.3, 0.4) is 0 Å². The fourth-order valence-electron chi connectivity index (χ4n) is 1.84. The first-order chi connectivity index (χ1) is 10.5. The van der Waals surface area contributed by atoms with Crippen LogP contribution in [0.4, 0.5) is 5.69 Å². The summed E-state index contributed by atoms with van der Waals surface area (Å²) in [5, 5.41) is 4.20. The summed E-state index contributed by atoms with van der Waals surface area (Å²) in [6.45, 7) is 2.02. The number of ether oxygens (including phenoxy) is 1. The van der Waals surface area contributed by atoms with Gasteiger partial charge in [-0.05, 0) is 42.8 Å². The molecule has 0 aliphatic carbocycles. The Balaban J connectivity index is 2.15. The molecular weight excluding hydrogens is 412 g/mol. The lowest BCUT2D eigenvalue weighted by molar-refractivity contribution is 0.0601. The SMILES string of the molecule is COC(=O)c1cccc(NN=Cc2c(Br)cc(C)cc2Br)c1. The standard InChI is InChI=1S/C16H14Br2N2O2/c1-10-6-14(17)13(15(18)7-10)9-19-20-12-5-3-4-11(8-12)16(21)22-2/h3-9,20H,1-2H3. The van der Waals surface area contributed by atoms with Crippen LogP contribution in [0.5, 0.6) is 0 Å². The van der Waals surface area contributed by atoms with Gasteiger partial charge in [0.15, 0.2) is 0 Å². The van der Waals surface area contributed by atoms with Crippen molar-refractivity contribution in [1.29, 1.82) is 0 Å². The van der Waals surface area contributed by atoms with E-state index in [0.717, 1.165) is 20.1 Å². The highest BCUT2D eigenvalue weighted by molar-refractivity contribution is 9.11. The molecule has 6 heteroatoms. The van der Waals surface area contributed by atoms with E-state index in [1.165, 1.54) is 7.11 Å². The Hall–Kier alpha value is -1.66. The summed E-state index contributed by atoms with van der Waals surface area (Å²) in [7, 11) is 1.35. The van der Waals surface area contributed by atoms with Crippen molar-refractivity contribution in [2.45, 2.75) is 6.92 Å². The lowest BCUT2D eigenvalue weighted by Gasteiger charge is -2.05. The number of hydrogen-bond acceptors (Lipinski definition) is 4. The predicted molar refractivity (Wildman–Crippen MR) is 95.6 cm³/mol. The Labute approximate surface area is 145 Å². The second-order valence-corrected chi connectivity index (χ2v) is 6.29. The fraction of sp³-hybridized carbons (Fsp3) is 0.125. The Morgan fingerprint density at radius 2 is 1.91 bits per heavy atom. The van der Waals surface area contributed by atoms with Crippen LogP contribution < -0.4 is 5.43 Å². The summed E-state index contributed by atoms with van der Waals surface area (Å²) in [6.07, 6.45) is 1.71. The average molecular weight is 426 g/mol. The quantitative estimate of drug-likeness (QED) is 0.436. The van der Waals surface area contributed by atoms with Crippen LogP contribution in [0.25, 0.3) is 0 Å². The Morgan fingerprint density at radius 3 is 2.55 bits per heavy atom. The molecule has 0 fully saturated rings. The van der Waals surface area contributed by atoms with Crippen molar-refractivity contribution in [2.24, 2.45) is 5.10 Å². The highest BCUT2D eigenvalue weighted by Crippen LogP contribution is 2.25. The number of nitrogens with zero attached hydrogens (tertiary/aromatic N) is 1. The van der Waals surface area contributed by atoms with Crippen LogP contribution in [-0.4, -0.2) is 19.3 Å². The Kier molecular flexibility index (Phi) is 5.74. The monoisotopic (exact) mass is 424 g/mol. The number of esters is 1. The van der Waals surface area contributed by atoms with Gasteiger partial charge in [0.05, 0.1) is 24.6 Å². The topological polar surface area (TPSA) is 50.7 Å². The number of halogens is 2. The maximum atomic E-state index is 11.5. The van der Waals surface area contributed by atoms with E-state index in [1.54, 1.807) is 24.4 Å². The number of carbonyl (C=O) groups excluding carboxylic acids is 1. The third-order valence-electron chi connectivity index (χ3n) is 2.89. The van der Waals surface area contributed by atoms with Gasteiger partial charge in [-0.1, -0.05) is 37.9 Å². The van der Waals surface area contributed by atoms with E-state index >= 15 is 0 Å². The van der Waals surface area contributed by atoms with E-state index in [1.807, 2.05) is 25.1 Å². The van der Waals surface area contributed by atoms with Gasteiger partial charge in [-0.15, -0.1) is 0 Å². The summed E-state index contributed by atoms with van der Waals surface area (Å²) in [5.74, 6) is -0.378. The van der Waals surface area contributed by atoms with Crippen molar-refractivity contribution in [2.75, 3.05) is 12.5 Å². The predicted octanol–water partition coefficient (Wildman–Crippen LogP) is 4.75. The van der Waals surface area contributed by atoms with Crippen LogP contribution in [0.15, 0.2) is 50.4 Å². The van der Waals surface area contributed by atoms with Gasteiger partial charge in [-0.25, -0.2) is 4.79 Å². The molecule has 22 heavy (non-hydrogen) atoms. The van der Waals surface area contributed by atoms with E-state index in [0.29, 0.717) is 11.3 Å². The Morgan fingerprint density at radius 1 is 1.23 bits per heavy atom. The second-order valence-electron chi connectivity index (χ2n) is 4.58. The number of nitrogens with one attached hydrogen (secondary N) is 1. The van der Waals surface area contributed by atoms with Crippen LogP contribution in [0.2, 0.25) is 0 Å². The van der Waals surface area contributed by atoms with Gasteiger partial charge < -0.3 is 4.74 Å². The van der Waals surface area contributed by atoms with Crippen molar-refractivity contribution >= 4 is 49.7 Å². The molecule has 1 N–H and O–H groups in total. The van der Waals surface area contributed by atoms with E-state index < -0.39 is 0 Å². The third-order valence-corrected chi connectivity index (χ3v) is 4.21. The molecule has 2 rings (SSSR count). The van der Waals surface area contributed by atoms with E-state index in [4.69, 9.17) is 4.74 Å². The van der Waals surface area contributed by atoms with Gasteiger partial charge in [-0.2, -0.15) is 5.10 Å². The van der Waals surface area contributed by atoms with Gasteiger partial charge in [0.1, 0.15) is 0 Å². The van der Waals surface area contributed by atoms with Gasteiger partial charge >= 0.3 is 5.97 Å². The summed E-state index contributed by atoms with van der Waals surface area (Å²) < 4.78 is 6.59. The highest BCUT2D eigenvalue weighted by atomic mass is 79.9. The van der Waals surface area contributed by atoms with E-state index in [2.05, 4.69) is 42.4 Å². The minimum Gasteiger partial charge on any atom is -0.465 e. The molecule has 0 aliphatic heterocycles. The third kappa shape index (κ3) is 4.18. The number of benzene rings is 2. The van der Waals surface area contributed by atoms with Gasteiger partial charge in [-0.3, -0.25) is 5.43 Å². The molecule has 2 aromatic rings. The lowest BCUT2D eigenvalue weighted by Crippen LogP contribution is -2.01. The van der Waals surface area contributed by atoms with Crippen LogP contribution in [-0.2, 0) is 4.74 Å². The molecule has 4 nitrogen and oxygen atoms in total. The molecule has 0 spiro atoms. The first kappa shape index (κ1) is 16.7. The van der Waals surface area contributed by atoms with Crippen molar-refractivity contribution in [1.82, 2.24) is 0 Å². The molecule has 0 aliphatic rings. The number of methoxy groups -OCH3 is 1. The zero-order valence-electron chi connectivity index (χ0n) is 12.1. The van der Waals surface area contributed by atoms with E-state index in [9.17, 15) is 4.79 Å². The maximum Gasteiger partial charge on any atom is 0.337 e. The minimum absolute atomic E-state index is 0.378. The summed E-state index contributed by atoms with van der Waals surface area (Å²) in [5.41, 5.74) is 6.16. The molecule has 0 atom stereocenters. The molecular formula is C16H14Br2N2O2. The number of hydrazone groups is 1. The number of anilines is 1. The minimum atomic E-state index is -0.378. The molecule has 2 aromatic carbocycles. The molecule has 0 saturated carbocycles. The lowest BCUT2D eigenvalue weighted by atomic mass is 10.2.